The van der Waals surface area contributed by atoms with Crippen molar-refractivity contribution in [2.75, 3.05) is 12.4 Å². The van der Waals surface area contributed by atoms with Crippen molar-refractivity contribution in [3.8, 4) is 22.5 Å². The first-order valence-corrected chi connectivity index (χ1v) is 13.8. The van der Waals surface area contributed by atoms with Crippen LogP contribution in [0.1, 0.15) is 36.0 Å². The molecule has 0 bridgehead atoms. The molecule has 2 aromatic heterocycles. The second-order valence-corrected chi connectivity index (χ2v) is 11.3. The highest BCUT2D eigenvalue weighted by molar-refractivity contribution is 7.91. The molecule has 1 saturated heterocycles. The summed E-state index contributed by atoms with van der Waals surface area (Å²) in [6.07, 6.45) is 6.76. The second-order valence-electron chi connectivity index (χ2n) is 9.38. The number of ether oxygens (including phenoxy) is 1. The first-order chi connectivity index (χ1) is 17.5. The zero-order chi connectivity index (χ0) is 24.7. The van der Waals surface area contributed by atoms with Crippen LogP contribution in [0.25, 0.3) is 28.2 Å². The molecular formula is C27H26N4O4S. The molecule has 0 spiro atoms. The van der Waals surface area contributed by atoms with Crippen LogP contribution in [-0.2, 0) is 14.6 Å². The van der Waals surface area contributed by atoms with Gasteiger partial charge in [-0.05, 0) is 37.8 Å². The summed E-state index contributed by atoms with van der Waals surface area (Å²) in [7, 11) is -3.77. The fourth-order valence-corrected chi connectivity index (χ4v) is 6.10. The van der Waals surface area contributed by atoms with Gasteiger partial charge in [-0.25, -0.2) is 18.4 Å². The smallest absolute Gasteiger partial charge is 0.251 e. The van der Waals surface area contributed by atoms with E-state index in [9.17, 15) is 13.2 Å². The van der Waals surface area contributed by atoms with Gasteiger partial charge in [0.2, 0.25) is 9.84 Å². The third kappa shape index (κ3) is 4.52. The van der Waals surface area contributed by atoms with Crippen LogP contribution in [0.5, 0.6) is 0 Å². The van der Waals surface area contributed by atoms with Crippen LogP contribution in [-0.4, -0.2) is 53.2 Å². The standard InChI is InChI=1S/C27H26N4O4S/c32-26(29-21-12-13-21)20-10-8-19(9-11-20)24-15-28-25-27(36(33,34)17-22-7-4-14-35-22)30-23(16-31(24)25)18-5-2-1-3-6-18/h1-3,5-6,8-11,15-16,21-22H,4,7,12-14,17H2,(H,29,32). The molecule has 1 aliphatic heterocycles. The monoisotopic (exact) mass is 502 g/mol. The lowest BCUT2D eigenvalue weighted by Crippen LogP contribution is -2.25. The number of aromatic nitrogens is 3. The molecule has 6 rings (SSSR count). The lowest BCUT2D eigenvalue weighted by atomic mass is 10.1. The number of imidazole rings is 1. The average molecular weight is 503 g/mol. The maximum absolute atomic E-state index is 13.5. The molecule has 4 aromatic rings. The third-order valence-electron chi connectivity index (χ3n) is 6.61. The Morgan fingerprint density at radius 2 is 1.81 bits per heavy atom. The second kappa shape index (κ2) is 9.15. The van der Waals surface area contributed by atoms with Crippen molar-refractivity contribution in [3.63, 3.8) is 0 Å². The SMILES string of the molecule is O=C(NC1CC1)c1ccc(-c2cnc3c(S(=O)(=O)CC4CCCO4)nc(-c4ccccc4)cn23)cc1. The van der Waals surface area contributed by atoms with Gasteiger partial charge in [-0.15, -0.1) is 0 Å². The van der Waals surface area contributed by atoms with Gasteiger partial charge >= 0.3 is 0 Å². The summed E-state index contributed by atoms with van der Waals surface area (Å²) in [6.45, 7) is 0.579. The fourth-order valence-electron chi connectivity index (χ4n) is 4.52. The molecule has 1 N–H and O–H groups in total. The summed E-state index contributed by atoms with van der Waals surface area (Å²) in [6, 6.07) is 17.0. The zero-order valence-corrected chi connectivity index (χ0v) is 20.4. The van der Waals surface area contributed by atoms with E-state index in [1.165, 1.54) is 0 Å². The lowest BCUT2D eigenvalue weighted by Gasteiger charge is -2.13. The molecule has 1 atom stereocenters. The molecular weight excluding hydrogens is 476 g/mol. The molecule has 2 aromatic carbocycles. The van der Waals surface area contributed by atoms with Gasteiger partial charge in [-0.1, -0.05) is 42.5 Å². The van der Waals surface area contributed by atoms with E-state index in [2.05, 4.69) is 15.3 Å². The van der Waals surface area contributed by atoms with Crippen LogP contribution in [0.4, 0.5) is 0 Å². The number of hydrogen-bond acceptors (Lipinski definition) is 6. The van der Waals surface area contributed by atoms with Crippen molar-refractivity contribution < 1.29 is 17.9 Å². The number of nitrogens with zero attached hydrogens (tertiary/aromatic N) is 3. The van der Waals surface area contributed by atoms with E-state index < -0.39 is 9.84 Å². The Morgan fingerprint density at radius 1 is 1.03 bits per heavy atom. The number of carbonyl (C=O) groups excluding carboxylic acids is 1. The Kier molecular flexibility index (Phi) is 5.81. The number of hydrogen-bond donors (Lipinski definition) is 1. The molecule has 1 unspecified atom stereocenters. The molecule has 9 heteroatoms. The van der Waals surface area contributed by atoms with Gasteiger partial charge in [0, 0.05) is 35.5 Å². The molecule has 184 valence electrons. The normalized spacial score (nSPS) is 17.9. The first-order valence-electron chi connectivity index (χ1n) is 12.2. The molecule has 8 nitrogen and oxygen atoms in total. The number of amides is 1. The maximum Gasteiger partial charge on any atom is 0.251 e. The summed E-state index contributed by atoms with van der Waals surface area (Å²) in [4.78, 5) is 21.4. The summed E-state index contributed by atoms with van der Waals surface area (Å²) in [5, 5.41) is 2.94. The van der Waals surface area contributed by atoms with Crippen LogP contribution in [0.2, 0.25) is 0 Å². The minimum Gasteiger partial charge on any atom is -0.377 e. The van der Waals surface area contributed by atoms with Gasteiger partial charge < -0.3 is 10.1 Å². The van der Waals surface area contributed by atoms with E-state index in [0.717, 1.165) is 30.4 Å². The lowest BCUT2D eigenvalue weighted by molar-refractivity contribution is 0.0951. The van der Waals surface area contributed by atoms with Gasteiger partial charge in [-0.3, -0.25) is 9.20 Å². The van der Waals surface area contributed by atoms with Crippen molar-refractivity contribution in [2.45, 2.75) is 42.9 Å². The topological polar surface area (TPSA) is 103 Å². The Balaban J connectivity index is 1.43. The molecule has 36 heavy (non-hydrogen) atoms. The van der Waals surface area contributed by atoms with Crippen LogP contribution in [0.3, 0.4) is 0 Å². The minimum atomic E-state index is -3.77. The average Bonchev–Trinajstić information content (AvgIpc) is 3.37. The molecule has 2 aliphatic rings. The van der Waals surface area contributed by atoms with Crippen LogP contribution in [0.15, 0.2) is 72.0 Å². The Morgan fingerprint density at radius 3 is 2.50 bits per heavy atom. The maximum atomic E-state index is 13.5. The van der Waals surface area contributed by atoms with E-state index in [0.29, 0.717) is 30.0 Å². The Labute approximate surface area is 209 Å². The van der Waals surface area contributed by atoms with Crippen molar-refractivity contribution >= 4 is 21.4 Å². The predicted molar refractivity (Wildman–Crippen MR) is 135 cm³/mol. The van der Waals surface area contributed by atoms with Crippen molar-refractivity contribution in [1.82, 2.24) is 19.7 Å². The van der Waals surface area contributed by atoms with Gasteiger partial charge in [-0.2, -0.15) is 0 Å². The highest BCUT2D eigenvalue weighted by atomic mass is 32.2. The van der Waals surface area contributed by atoms with Crippen LogP contribution in [0, 0.1) is 0 Å². The van der Waals surface area contributed by atoms with E-state index in [1.807, 2.05) is 48.7 Å². The van der Waals surface area contributed by atoms with Gasteiger partial charge in [0.1, 0.15) is 0 Å². The number of carbonyl (C=O) groups is 1. The summed E-state index contributed by atoms with van der Waals surface area (Å²) < 4.78 is 34.4. The first kappa shape index (κ1) is 22.9. The Bertz CT molecular complexity index is 1520. The molecule has 1 amide bonds. The summed E-state index contributed by atoms with van der Waals surface area (Å²) in [5.74, 6) is -0.207. The minimum absolute atomic E-state index is 0.0500. The molecule has 1 aliphatic carbocycles. The molecule has 0 radical (unpaired) electrons. The zero-order valence-electron chi connectivity index (χ0n) is 19.6. The van der Waals surface area contributed by atoms with Gasteiger partial charge in [0.25, 0.3) is 5.91 Å². The number of nitrogens with one attached hydrogen (secondary N) is 1. The molecule has 2 fully saturated rings. The largest absolute Gasteiger partial charge is 0.377 e. The van der Waals surface area contributed by atoms with Crippen molar-refractivity contribution in [3.05, 3.63) is 72.6 Å². The van der Waals surface area contributed by atoms with Crippen molar-refractivity contribution in [2.24, 2.45) is 0 Å². The third-order valence-corrected chi connectivity index (χ3v) is 8.28. The fraction of sp³-hybridized carbons (Fsp3) is 0.296. The van der Waals surface area contributed by atoms with Gasteiger partial charge in [0.05, 0.1) is 29.4 Å². The van der Waals surface area contributed by atoms with E-state index in [4.69, 9.17) is 4.74 Å². The quantitative estimate of drug-likeness (QED) is 0.411. The highest BCUT2D eigenvalue weighted by Crippen LogP contribution is 2.29. The highest BCUT2D eigenvalue weighted by Gasteiger charge is 2.30. The number of rotatable bonds is 7. The molecule has 3 heterocycles. The predicted octanol–water partition coefficient (Wildman–Crippen LogP) is 3.91. The Hall–Kier alpha value is -3.56. The van der Waals surface area contributed by atoms with Crippen LogP contribution < -0.4 is 5.32 Å². The number of fused-ring (bicyclic) bond motifs is 1. The van der Waals surface area contributed by atoms with Gasteiger partial charge in [0.15, 0.2) is 10.7 Å². The summed E-state index contributed by atoms with van der Waals surface area (Å²) >= 11 is 0. The van der Waals surface area contributed by atoms with E-state index >= 15 is 0 Å². The number of benzene rings is 2. The summed E-state index contributed by atoms with van der Waals surface area (Å²) in [5.41, 5.74) is 3.74. The van der Waals surface area contributed by atoms with Crippen molar-refractivity contribution in [1.29, 1.82) is 0 Å². The van der Waals surface area contributed by atoms with E-state index in [1.54, 1.807) is 22.7 Å². The number of sulfone groups is 1. The van der Waals surface area contributed by atoms with E-state index in [-0.39, 0.29) is 34.5 Å². The van der Waals surface area contributed by atoms with Crippen LogP contribution >= 0.6 is 0 Å². The molecule has 1 saturated carbocycles.